The maximum atomic E-state index is 14.0. The Balaban J connectivity index is 1.53. The molecule has 3 heterocycles. The molecule has 6 rings (SSSR count). The van der Waals surface area contributed by atoms with E-state index in [-0.39, 0.29) is 17.4 Å². The summed E-state index contributed by atoms with van der Waals surface area (Å²) in [5.74, 6) is 2.41. The summed E-state index contributed by atoms with van der Waals surface area (Å²) in [4.78, 5) is 30.3. The third-order valence-corrected chi connectivity index (χ3v) is 8.04. The largest absolute Gasteiger partial charge is 0.438 e. The molecule has 2 fully saturated rings. The van der Waals surface area contributed by atoms with Gasteiger partial charge in [-0.05, 0) is 74.9 Å². The number of terminal acetylenes is 1. The fourth-order valence-electron chi connectivity index (χ4n) is 6.01. The van der Waals surface area contributed by atoms with E-state index in [1.54, 1.807) is 11.9 Å². The van der Waals surface area contributed by atoms with Gasteiger partial charge in [0.1, 0.15) is 11.2 Å². The lowest BCUT2D eigenvalue weighted by molar-refractivity contribution is -0.0592. The van der Waals surface area contributed by atoms with Crippen LogP contribution in [0.15, 0.2) is 63.9 Å². The molecule has 1 aliphatic carbocycles. The Kier molecular flexibility index (Phi) is 5.58. The fraction of sp³-hybridized carbons (Fsp3) is 0.367. The topological polar surface area (TPSA) is 93.4 Å². The van der Waals surface area contributed by atoms with Crippen molar-refractivity contribution in [2.45, 2.75) is 50.2 Å². The van der Waals surface area contributed by atoms with E-state index in [2.05, 4.69) is 48.1 Å². The zero-order valence-electron chi connectivity index (χ0n) is 21.7. The second-order valence-corrected chi connectivity index (χ2v) is 11.0. The minimum atomic E-state index is -0.882. The van der Waals surface area contributed by atoms with Gasteiger partial charge in [0.05, 0.1) is 11.5 Å². The zero-order chi connectivity index (χ0) is 26.7. The Hall–Kier alpha value is -4.09. The highest BCUT2D eigenvalue weighted by Crippen LogP contribution is 2.56. The maximum Gasteiger partial charge on any atom is 0.438 e. The van der Waals surface area contributed by atoms with E-state index in [0.29, 0.717) is 23.9 Å². The molecule has 2 aliphatic rings. The van der Waals surface area contributed by atoms with E-state index >= 15 is 0 Å². The molecule has 1 saturated heterocycles. The van der Waals surface area contributed by atoms with Crippen molar-refractivity contribution in [3.8, 4) is 12.3 Å². The highest BCUT2D eigenvalue weighted by Gasteiger charge is 2.61. The van der Waals surface area contributed by atoms with Gasteiger partial charge in [0, 0.05) is 30.2 Å². The first-order valence-corrected chi connectivity index (χ1v) is 12.9. The van der Waals surface area contributed by atoms with Crippen LogP contribution >= 0.6 is 0 Å². The monoisotopic (exact) mass is 510 g/mol. The summed E-state index contributed by atoms with van der Waals surface area (Å²) < 4.78 is 12.8. The second kappa shape index (κ2) is 8.74. The first-order chi connectivity index (χ1) is 18.2. The average Bonchev–Trinajstić information content (AvgIpc) is 3.26. The van der Waals surface area contributed by atoms with Gasteiger partial charge in [-0.2, -0.15) is 0 Å². The molecule has 3 atom stereocenters. The Bertz CT molecular complexity index is 1620. The molecular weight excluding hydrogens is 480 g/mol. The number of carbonyl (C=O) groups excluding carboxylic acids is 1. The molecule has 8 heteroatoms. The van der Waals surface area contributed by atoms with Crippen LogP contribution in [0.4, 0.5) is 5.69 Å². The van der Waals surface area contributed by atoms with Crippen molar-refractivity contribution in [1.29, 1.82) is 0 Å². The molecule has 0 spiro atoms. The molecule has 1 amide bonds. The van der Waals surface area contributed by atoms with Crippen molar-refractivity contribution in [2.24, 2.45) is 5.92 Å². The number of H-pyrrole nitrogens is 1. The summed E-state index contributed by atoms with van der Waals surface area (Å²) in [7, 11) is 1.76. The van der Waals surface area contributed by atoms with Crippen molar-refractivity contribution in [2.75, 3.05) is 18.6 Å². The van der Waals surface area contributed by atoms with Gasteiger partial charge in [-0.15, -0.1) is 12.3 Å². The van der Waals surface area contributed by atoms with E-state index in [9.17, 15) is 9.59 Å². The van der Waals surface area contributed by atoms with Crippen LogP contribution in [-0.4, -0.2) is 39.9 Å². The molecule has 4 aromatic rings. The summed E-state index contributed by atoms with van der Waals surface area (Å²) in [5.41, 5.74) is 2.25. The molecule has 0 unspecified atom stereocenters. The predicted octanol–water partition coefficient (Wildman–Crippen LogP) is 4.66. The van der Waals surface area contributed by atoms with Gasteiger partial charge < -0.3 is 14.2 Å². The predicted molar refractivity (Wildman–Crippen MR) is 144 cm³/mol. The number of nitrogens with zero attached hydrogens (tertiary/aromatic N) is 3. The Morgan fingerprint density at radius 2 is 1.97 bits per heavy atom. The number of hydrogen-bond acceptors (Lipinski definition) is 5. The number of amides is 1. The lowest BCUT2D eigenvalue weighted by atomic mass is 9.83. The number of nitrogens with one attached hydrogen (secondary N) is 1. The van der Waals surface area contributed by atoms with E-state index in [1.807, 2.05) is 41.0 Å². The van der Waals surface area contributed by atoms with Gasteiger partial charge in [-0.3, -0.25) is 14.3 Å². The summed E-state index contributed by atoms with van der Waals surface area (Å²) >= 11 is 0. The van der Waals surface area contributed by atoms with Gasteiger partial charge in [-0.1, -0.05) is 29.4 Å². The summed E-state index contributed by atoms with van der Waals surface area (Å²) in [6.07, 6.45) is 8.30. The Morgan fingerprint density at radius 1 is 1.18 bits per heavy atom. The molecule has 194 valence electrons. The molecule has 38 heavy (non-hydrogen) atoms. The third kappa shape index (κ3) is 3.86. The van der Waals surface area contributed by atoms with E-state index in [0.717, 1.165) is 36.0 Å². The molecule has 0 radical (unpaired) electrons. The highest BCUT2D eigenvalue weighted by molar-refractivity contribution is 6.08. The van der Waals surface area contributed by atoms with Crippen molar-refractivity contribution in [3.05, 3.63) is 82.2 Å². The number of para-hydroxylation sites is 1. The van der Waals surface area contributed by atoms with Gasteiger partial charge in [0.25, 0.3) is 5.91 Å². The van der Waals surface area contributed by atoms with Gasteiger partial charge in [0.15, 0.2) is 5.82 Å². The van der Waals surface area contributed by atoms with Crippen LogP contribution in [-0.2, 0) is 10.3 Å². The number of ether oxygens (including phenoxy) is 1. The number of aromatic amines is 1. The number of carbonyl (C=O) groups is 1. The first-order valence-electron chi connectivity index (χ1n) is 12.9. The van der Waals surface area contributed by atoms with E-state index in [1.165, 1.54) is 5.56 Å². The first kappa shape index (κ1) is 24.3. The third-order valence-electron chi connectivity index (χ3n) is 8.04. The van der Waals surface area contributed by atoms with Crippen molar-refractivity contribution >= 4 is 22.5 Å². The van der Waals surface area contributed by atoms with Crippen molar-refractivity contribution in [1.82, 2.24) is 14.7 Å². The minimum absolute atomic E-state index is 0.180. The SMILES string of the molecule is C#C[C@H]1C[C@]1(c1noc(=O)[nH]1)n1c(C(=O)N(C)c2ccccc2)cc2cc([C@H]3CCOC(C)(C)C3)ccc21. The fourth-order valence-corrected chi connectivity index (χ4v) is 6.01. The number of fused-ring (bicyclic) bond motifs is 1. The zero-order valence-corrected chi connectivity index (χ0v) is 21.7. The number of anilines is 1. The number of hydrogen-bond donors (Lipinski definition) is 1. The quantitative estimate of drug-likeness (QED) is 0.394. The maximum absolute atomic E-state index is 14.0. The Labute approximate surface area is 220 Å². The summed E-state index contributed by atoms with van der Waals surface area (Å²) in [6, 6.07) is 17.8. The second-order valence-electron chi connectivity index (χ2n) is 11.0. The standard InChI is InChI=1S/C30H30N4O4/c1-5-22-18-30(22,27-31-28(36)38-32-27)34-24-12-11-19(20-13-14-37-29(2,3)17-20)15-21(24)16-25(34)26(35)33(4)23-9-7-6-8-10-23/h1,6-12,15-16,20,22H,13-14,17-18H2,2-4H3,(H,31,32,36)/t20-,22-,30-/m0/s1. The van der Waals surface area contributed by atoms with Crippen LogP contribution < -0.4 is 10.7 Å². The lowest BCUT2D eigenvalue weighted by Crippen LogP contribution is -2.33. The van der Waals surface area contributed by atoms with Crippen LogP contribution in [0.25, 0.3) is 10.9 Å². The average molecular weight is 511 g/mol. The summed E-state index contributed by atoms with van der Waals surface area (Å²) in [5, 5.41) is 4.96. The number of aromatic nitrogens is 3. The molecule has 0 bridgehead atoms. The smallest absolute Gasteiger partial charge is 0.376 e. The van der Waals surface area contributed by atoms with Gasteiger partial charge in [0.2, 0.25) is 0 Å². The number of benzene rings is 2. The minimum Gasteiger partial charge on any atom is -0.376 e. The van der Waals surface area contributed by atoms with Crippen molar-refractivity contribution in [3.63, 3.8) is 0 Å². The van der Waals surface area contributed by atoms with Crippen LogP contribution in [0.5, 0.6) is 0 Å². The normalized spacial score (nSPS) is 24.2. The molecule has 1 aliphatic heterocycles. The van der Waals surface area contributed by atoms with E-state index in [4.69, 9.17) is 15.7 Å². The van der Waals surface area contributed by atoms with Crippen LogP contribution in [0, 0.1) is 18.3 Å². The van der Waals surface area contributed by atoms with Crippen molar-refractivity contribution < 1.29 is 14.1 Å². The molecular formula is C30H30N4O4. The molecule has 1 saturated carbocycles. The van der Waals surface area contributed by atoms with Crippen LogP contribution in [0.3, 0.4) is 0 Å². The summed E-state index contributed by atoms with van der Waals surface area (Å²) in [6.45, 7) is 4.97. The molecule has 1 N–H and O–H groups in total. The number of rotatable bonds is 5. The molecule has 2 aromatic heterocycles. The molecule has 8 nitrogen and oxygen atoms in total. The van der Waals surface area contributed by atoms with Gasteiger partial charge >= 0.3 is 5.76 Å². The van der Waals surface area contributed by atoms with Crippen LogP contribution in [0.1, 0.15) is 60.9 Å². The highest BCUT2D eigenvalue weighted by atomic mass is 16.5. The lowest BCUT2D eigenvalue weighted by Gasteiger charge is -2.35. The van der Waals surface area contributed by atoms with Gasteiger partial charge in [-0.25, -0.2) is 4.79 Å². The molecule has 2 aromatic carbocycles. The van der Waals surface area contributed by atoms with Crippen LogP contribution in [0.2, 0.25) is 0 Å². The Morgan fingerprint density at radius 3 is 2.63 bits per heavy atom. The van der Waals surface area contributed by atoms with E-state index < -0.39 is 11.3 Å².